The number of rotatable bonds is 5. The number of fused-ring (bicyclic) bond motifs is 1. The molecule has 0 unspecified atom stereocenters. The van der Waals surface area contributed by atoms with Crippen LogP contribution in [-0.4, -0.2) is 21.9 Å². The van der Waals surface area contributed by atoms with Crippen molar-refractivity contribution in [2.24, 2.45) is 5.10 Å². The molecule has 1 N–H and O–H groups in total. The van der Waals surface area contributed by atoms with Crippen LogP contribution in [0, 0.1) is 6.92 Å². The molecule has 7 nitrogen and oxygen atoms in total. The SMILES string of the molecule is Cc1c(C(=O)N/N=C\c2cn(-c3ccccc3)nc2-c2ccco2)oc2ccccc12. The topological polar surface area (TPSA) is 85.6 Å². The van der Waals surface area contributed by atoms with Crippen LogP contribution in [0.1, 0.15) is 21.7 Å². The number of aromatic nitrogens is 2. The van der Waals surface area contributed by atoms with Crippen molar-refractivity contribution in [2.45, 2.75) is 6.92 Å². The van der Waals surface area contributed by atoms with Gasteiger partial charge in [0, 0.05) is 22.7 Å². The van der Waals surface area contributed by atoms with E-state index in [0.717, 1.165) is 16.6 Å². The van der Waals surface area contributed by atoms with Gasteiger partial charge in [0.25, 0.3) is 0 Å². The van der Waals surface area contributed by atoms with Crippen molar-refractivity contribution >= 4 is 23.1 Å². The third kappa shape index (κ3) is 3.53. The predicted molar refractivity (Wildman–Crippen MR) is 117 cm³/mol. The van der Waals surface area contributed by atoms with Gasteiger partial charge in [-0.15, -0.1) is 0 Å². The fraction of sp³-hybridized carbons (Fsp3) is 0.0417. The molecular weight excluding hydrogens is 392 g/mol. The van der Waals surface area contributed by atoms with Gasteiger partial charge >= 0.3 is 5.91 Å². The van der Waals surface area contributed by atoms with Crippen LogP contribution in [0.25, 0.3) is 28.1 Å². The van der Waals surface area contributed by atoms with Crippen molar-refractivity contribution in [3.05, 3.63) is 96.1 Å². The molecule has 3 aromatic heterocycles. The summed E-state index contributed by atoms with van der Waals surface area (Å²) in [7, 11) is 0. The van der Waals surface area contributed by atoms with E-state index in [9.17, 15) is 4.79 Å². The zero-order valence-corrected chi connectivity index (χ0v) is 16.6. The standard InChI is InChI=1S/C24H18N4O3/c1-16-19-10-5-6-11-20(19)31-23(16)24(29)26-25-14-17-15-28(18-8-3-2-4-9-18)27-22(17)21-12-7-13-30-21/h2-15H,1H3,(H,26,29)/b25-14-. The Labute approximate surface area is 177 Å². The number of hydrogen-bond donors (Lipinski definition) is 1. The van der Waals surface area contributed by atoms with Crippen LogP contribution in [0.2, 0.25) is 0 Å². The lowest BCUT2D eigenvalue weighted by molar-refractivity contribution is 0.0929. The van der Waals surface area contributed by atoms with E-state index in [4.69, 9.17) is 8.83 Å². The fourth-order valence-corrected chi connectivity index (χ4v) is 3.40. The van der Waals surface area contributed by atoms with E-state index in [1.54, 1.807) is 23.2 Å². The first kappa shape index (κ1) is 18.6. The largest absolute Gasteiger partial charge is 0.463 e. The first-order valence-electron chi connectivity index (χ1n) is 9.71. The summed E-state index contributed by atoms with van der Waals surface area (Å²) in [6.45, 7) is 1.85. The lowest BCUT2D eigenvalue weighted by atomic mass is 10.1. The van der Waals surface area contributed by atoms with Crippen molar-refractivity contribution in [1.82, 2.24) is 15.2 Å². The Kier molecular flexibility index (Phi) is 4.68. The van der Waals surface area contributed by atoms with Crippen molar-refractivity contribution in [2.75, 3.05) is 0 Å². The second kappa shape index (κ2) is 7.79. The van der Waals surface area contributed by atoms with Gasteiger partial charge in [0.1, 0.15) is 11.3 Å². The number of carbonyl (C=O) groups excluding carboxylic acids is 1. The number of benzene rings is 2. The molecule has 31 heavy (non-hydrogen) atoms. The molecule has 7 heteroatoms. The van der Waals surface area contributed by atoms with Gasteiger partial charge in [0.2, 0.25) is 0 Å². The molecule has 0 aliphatic rings. The Morgan fingerprint density at radius 2 is 1.87 bits per heavy atom. The third-order valence-corrected chi connectivity index (χ3v) is 4.94. The van der Waals surface area contributed by atoms with Crippen LogP contribution in [0.15, 0.2) is 93.1 Å². The minimum Gasteiger partial charge on any atom is -0.463 e. The van der Waals surface area contributed by atoms with Crippen LogP contribution in [0.5, 0.6) is 0 Å². The molecule has 5 rings (SSSR count). The smallest absolute Gasteiger partial charge is 0.307 e. The van der Waals surface area contributed by atoms with Gasteiger partial charge in [-0.1, -0.05) is 36.4 Å². The number of para-hydroxylation sites is 2. The number of nitrogens with one attached hydrogen (secondary N) is 1. The van der Waals surface area contributed by atoms with Crippen molar-refractivity contribution in [3.63, 3.8) is 0 Å². The van der Waals surface area contributed by atoms with Crippen LogP contribution in [-0.2, 0) is 0 Å². The number of hydrazone groups is 1. The van der Waals surface area contributed by atoms with Crippen LogP contribution in [0.3, 0.4) is 0 Å². The summed E-state index contributed by atoms with van der Waals surface area (Å²) in [5.41, 5.74) is 6.19. The van der Waals surface area contributed by atoms with E-state index in [0.29, 0.717) is 22.6 Å². The molecule has 0 bridgehead atoms. The second-order valence-electron chi connectivity index (χ2n) is 6.94. The molecular formula is C24H18N4O3. The van der Waals surface area contributed by atoms with E-state index in [-0.39, 0.29) is 5.76 Å². The van der Waals surface area contributed by atoms with Crippen molar-refractivity contribution in [3.8, 4) is 17.1 Å². The molecule has 0 fully saturated rings. The molecule has 5 aromatic rings. The first-order valence-corrected chi connectivity index (χ1v) is 9.71. The highest BCUT2D eigenvalue weighted by Gasteiger charge is 2.17. The Morgan fingerprint density at radius 1 is 1.06 bits per heavy atom. The molecule has 0 saturated heterocycles. The normalized spacial score (nSPS) is 11.4. The highest BCUT2D eigenvalue weighted by Crippen LogP contribution is 2.25. The average Bonchev–Trinajstić information content (AvgIpc) is 3.54. The maximum Gasteiger partial charge on any atom is 0.307 e. The molecule has 0 aliphatic heterocycles. The summed E-state index contributed by atoms with van der Waals surface area (Å²) in [5, 5.41) is 9.65. The van der Waals surface area contributed by atoms with Crippen molar-refractivity contribution in [1.29, 1.82) is 0 Å². The highest BCUT2D eigenvalue weighted by atomic mass is 16.3. The number of hydrogen-bond acceptors (Lipinski definition) is 5. The maximum atomic E-state index is 12.6. The number of furan rings is 2. The van der Waals surface area contributed by atoms with E-state index in [1.807, 2.05) is 73.8 Å². The monoisotopic (exact) mass is 410 g/mol. The fourth-order valence-electron chi connectivity index (χ4n) is 3.40. The highest BCUT2D eigenvalue weighted by molar-refractivity contribution is 5.99. The Hall–Kier alpha value is -4.39. The number of carbonyl (C=O) groups is 1. The van der Waals surface area contributed by atoms with Gasteiger partial charge in [-0.25, -0.2) is 10.1 Å². The predicted octanol–water partition coefficient (Wildman–Crippen LogP) is 4.95. The maximum absolute atomic E-state index is 12.6. The quantitative estimate of drug-likeness (QED) is 0.328. The minimum atomic E-state index is -0.417. The second-order valence-corrected chi connectivity index (χ2v) is 6.94. The lowest BCUT2D eigenvalue weighted by Gasteiger charge is -1.98. The van der Waals surface area contributed by atoms with E-state index in [2.05, 4.69) is 15.6 Å². The molecule has 0 aliphatic carbocycles. The average molecular weight is 410 g/mol. The van der Waals surface area contributed by atoms with E-state index >= 15 is 0 Å². The summed E-state index contributed by atoms with van der Waals surface area (Å²) in [6, 6.07) is 20.9. The summed E-state index contributed by atoms with van der Waals surface area (Å²) in [5.74, 6) is 0.431. The van der Waals surface area contributed by atoms with Gasteiger partial charge in [-0.05, 0) is 37.3 Å². The Bertz CT molecular complexity index is 1380. The zero-order valence-electron chi connectivity index (χ0n) is 16.6. The molecule has 0 saturated carbocycles. The van der Waals surface area contributed by atoms with Gasteiger partial charge in [-0.2, -0.15) is 10.2 Å². The molecule has 0 atom stereocenters. The van der Waals surface area contributed by atoms with Crippen molar-refractivity contribution < 1.29 is 13.6 Å². The van der Waals surface area contributed by atoms with Gasteiger partial charge in [-0.3, -0.25) is 4.79 Å². The van der Waals surface area contributed by atoms with Gasteiger partial charge in [0.05, 0.1) is 18.2 Å². The summed E-state index contributed by atoms with van der Waals surface area (Å²) < 4.78 is 12.9. The molecule has 0 spiro atoms. The molecule has 1 amide bonds. The molecule has 3 heterocycles. The summed E-state index contributed by atoms with van der Waals surface area (Å²) >= 11 is 0. The molecule has 2 aromatic carbocycles. The van der Waals surface area contributed by atoms with Gasteiger partial charge in [0.15, 0.2) is 11.5 Å². The van der Waals surface area contributed by atoms with Crippen LogP contribution >= 0.6 is 0 Å². The first-order chi connectivity index (χ1) is 15.2. The minimum absolute atomic E-state index is 0.240. The lowest BCUT2D eigenvalue weighted by Crippen LogP contribution is -2.17. The van der Waals surface area contributed by atoms with Crippen LogP contribution < -0.4 is 5.43 Å². The molecule has 0 radical (unpaired) electrons. The Balaban J connectivity index is 1.43. The summed E-state index contributed by atoms with van der Waals surface area (Å²) in [6.07, 6.45) is 4.96. The third-order valence-electron chi connectivity index (χ3n) is 4.94. The van der Waals surface area contributed by atoms with Crippen LogP contribution in [0.4, 0.5) is 0 Å². The molecule has 152 valence electrons. The number of nitrogens with zero attached hydrogens (tertiary/aromatic N) is 3. The van der Waals surface area contributed by atoms with E-state index < -0.39 is 5.91 Å². The number of aryl methyl sites for hydroxylation is 1. The van der Waals surface area contributed by atoms with E-state index in [1.165, 1.54) is 0 Å². The number of amides is 1. The Morgan fingerprint density at radius 3 is 2.65 bits per heavy atom. The zero-order chi connectivity index (χ0) is 21.2. The van der Waals surface area contributed by atoms with Gasteiger partial charge < -0.3 is 8.83 Å². The summed E-state index contributed by atoms with van der Waals surface area (Å²) in [4.78, 5) is 12.6.